The number of likely N-dealkylation sites (N-methyl/N-ethyl adjacent to an activating group) is 1. The SMILES string of the molecule is CCN(C)C(=O)C(C)NC1CC(C)OC(C)C1. The highest BCUT2D eigenvalue weighted by Gasteiger charge is 2.27. The monoisotopic (exact) mass is 242 g/mol. The van der Waals surface area contributed by atoms with Gasteiger partial charge < -0.3 is 15.0 Å². The van der Waals surface area contributed by atoms with Crippen LogP contribution < -0.4 is 5.32 Å². The zero-order valence-corrected chi connectivity index (χ0v) is 11.7. The van der Waals surface area contributed by atoms with E-state index in [0.29, 0.717) is 6.04 Å². The van der Waals surface area contributed by atoms with Gasteiger partial charge >= 0.3 is 0 Å². The van der Waals surface area contributed by atoms with Crippen LogP contribution >= 0.6 is 0 Å². The van der Waals surface area contributed by atoms with E-state index in [4.69, 9.17) is 4.74 Å². The van der Waals surface area contributed by atoms with Gasteiger partial charge in [0.05, 0.1) is 18.2 Å². The molecule has 1 amide bonds. The van der Waals surface area contributed by atoms with E-state index in [-0.39, 0.29) is 24.2 Å². The van der Waals surface area contributed by atoms with Gasteiger partial charge in [-0.15, -0.1) is 0 Å². The van der Waals surface area contributed by atoms with Crippen LogP contribution in [0.4, 0.5) is 0 Å². The van der Waals surface area contributed by atoms with E-state index >= 15 is 0 Å². The number of nitrogens with one attached hydrogen (secondary N) is 1. The number of hydrogen-bond donors (Lipinski definition) is 1. The maximum Gasteiger partial charge on any atom is 0.239 e. The van der Waals surface area contributed by atoms with Crippen molar-refractivity contribution in [1.82, 2.24) is 10.2 Å². The number of carbonyl (C=O) groups excluding carboxylic acids is 1. The molecule has 3 atom stereocenters. The Morgan fingerprint density at radius 1 is 1.41 bits per heavy atom. The molecule has 1 aliphatic heterocycles. The number of rotatable bonds is 4. The fraction of sp³-hybridized carbons (Fsp3) is 0.923. The first kappa shape index (κ1) is 14.5. The quantitative estimate of drug-likeness (QED) is 0.810. The largest absolute Gasteiger partial charge is 0.375 e. The summed E-state index contributed by atoms with van der Waals surface area (Å²) >= 11 is 0. The highest BCUT2D eigenvalue weighted by atomic mass is 16.5. The maximum absolute atomic E-state index is 11.9. The molecule has 1 saturated heterocycles. The first-order valence-electron chi connectivity index (χ1n) is 6.60. The Morgan fingerprint density at radius 2 is 1.94 bits per heavy atom. The lowest BCUT2D eigenvalue weighted by molar-refractivity contribution is -0.132. The van der Waals surface area contributed by atoms with Crippen LogP contribution in [0.1, 0.15) is 40.5 Å². The molecule has 0 saturated carbocycles. The van der Waals surface area contributed by atoms with Crippen molar-refractivity contribution in [1.29, 1.82) is 0 Å². The van der Waals surface area contributed by atoms with Crippen LogP contribution in [0.5, 0.6) is 0 Å². The molecule has 0 aromatic heterocycles. The molecular formula is C13H26N2O2. The number of amides is 1. The highest BCUT2D eigenvalue weighted by Crippen LogP contribution is 2.19. The second kappa shape index (κ2) is 6.36. The summed E-state index contributed by atoms with van der Waals surface area (Å²) in [6.07, 6.45) is 2.53. The minimum absolute atomic E-state index is 0.109. The molecule has 0 aromatic rings. The minimum Gasteiger partial charge on any atom is -0.375 e. The average molecular weight is 242 g/mol. The molecule has 1 fully saturated rings. The Bertz CT molecular complexity index is 248. The fourth-order valence-electron chi connectivity index (χ4n) is 2.45. The van der Waals surface area contributed by atoms with Crippen LogP contribution in [0.25, 0.3) is 0 Å². The lowest BCUT2D eigenvalue weighted by Crippen LogP contribution is -2.50. The lowest BCUT2D eigenvalue weighted by Gasteiger charge is -2.34. The molecule has 1 N–H and O–H groups in total. The average Bonchev–Trinajstić information content (AvgIpc) is 2.25. The molecule has 100 valence electrons. The summed E-state index contributed by atoms with van der Waals surface area (Å²) < 4.78 is 5.69. The molecule has 17 heavy (non-hydrogen) atoms. The zero-order chi connectivity index (χ0) is 13.0. The van der Waals surface area contributed by atoms with Gasteiger partial charge in [0.2, 0.25) is 5.91 Å². The van der Waals surface area contributed by atoms with Crippen LogP contribution in [0.15, 0.2) is 0 Å². The highest BCUT2D eigenvalue weighted by molar-refractivity contribution is 5.81. The standard InChI is InChI=1S/C13H26N2O2/c1-6-15(5)13(16)11(4)14-12-7-9(2)17-10(3)8-12/h9-12,14H,6-8H2,1-5H3. The van der Waals surface area contributed by atoms with Gasteiger partial charge in [0.1, 0.15) is 0 Å². The summed E-state index contributed by atoms with van der Waals surface area (Å²) in [5.41, 5.74) is 0. The van der Waals surface area contributed by atoms with Crippen molar-refractivity contribution >= 4 is 5.91 Å². The molecular weight excluding hydrogens is 216 g/mol. The Hall–Kier alpha value is -0.610. The van der Waals surface area contributed by atoms with Crippen molar-refractivity contribution in [2.24, 2.45) is 0 Å². The van der Waals surface area contributed by atoms with E-state index in [2.05, 4.69) is 19.2 Å². The van der Waals surface area contributed by atoms with Gasteiger partial charge in [-0.05, 0) is 40.5 Å². The van der Waals surface area contributed by atoms with Crippen LogP contribution in [-0.4, -0.2) is 48.7 Å². The summed E-state index contributed by atoms with van der Waals surface area (Å²) in [5, 5.41) is 3.42. The van der Waals surface area contributed by atoms with Crippen molar-refractivity contribution in [3.63, 3.8) is 0 Å². The molecule has 1 rings (SSSR count). The molecule has 0 spiro atoms. The van der Waals surface area contributed by atoms with E-state index in [1.54, 1.807) is 4.90 Å². The summed E-state index contributed by atoms with van der Waals surface area (Å²) in [5.74, 6) is 0.166. The molecule has 3 unspecified atom stereocenters. The van der Waals surface area contributed by atoms with E-state index in [9.17, 15) is 4.79 Å². The molecule has 0 radical (unpaired) electrons. The molecule has 0 aromatic carbocycles. The van der Waals surface area contributed by atoms with Crippen LogP contribution in [0.2, 0.25) is 0 Å². The predicted octanol–water partition coefficient (Wildman–Crippen LogP) is 1.40. The number of hydrogen-bond acceptors (Lipinski definition) is 3. The van der Waals surface area contributed by atoms with Gasteiger partial charge in [-0.25, -0.2) is 0 Å². The van der Waals surface area contributed by atoms with E-state index < -0.39 is 0 Å². The zero-order valence-electron chi connectivity index (χ0n) is 11.7. The van der Waals surface area contributed by atoms with Crippen molar-refractivity contribution in [3.05, 3.63) is 0 Å². The number of ether oxygens (including phenoxy) is 1. The van der Waals surface area contributed by atoms with Crippen molar-refractivity contribution in [2.45, 2.75) is 64.8 Å². The summed E-state index contributed by atoms with van der Waals surface area (Å²) in [6, 6.07) is 0.278. The Morgan fingerprint density at radius 3 is 2.41 bits per heavy atom. The van der Waals surface area contributed by atoms with Gasteiger partial charge in [-0.3, -0.25) is 4.79 Å². The second-order valence-corrected chi connectivity index (χ2v) is 5.17. The first-order chi connectivity index (χ1) is 7.93. The maximum atomic E-state index is 11.9. The third-order valence-electron chi connectivity index (χ3n) is 3.40. The lowest BCUT2D eigenvalue weighted by atomic mass is 9.99. The third kappa shape index (κ3) is 4.28. The van der Waals surface area contributed by atoms with E-state index in [0.717, 1.165) is 19.4 Å². The van der Waals surface area contributed by atoms with E-state index in [1.165, 1.54) is 0 Å². The van der Waals surface area contributed by atoms with Crippen LogP contribution in [-0.2, 0) is 9.53 Å². The molecule has 4 nitrogen and oxygen atoms in total. The predicted molar refractivity (Wildman–Crippen MR) is 68.9 cm³/mol. The van der Waals surface area contributed by atoms with Gasteiger partial charge in [-0.1, -0.05) is 0 Å². The van der Waals surface area contributed by atoms with E-state index in [1.807, 2.05) is 20.9 Å². The molecule has 4 heteroatoms. The first-order valence-corrected chi connectivity index (χ1v) is 6.60. The normalized spacial score (nSPS) is 31.0. The van der Waals surface area contributed by atoms with Crippen molar-refractivity contribution in [3.8, 4) is 0 Å². The van der Waals surface area contributed by atoms with Crippen LogP contribution in [0.3, 0.4) is 0 Å². The van der Waals surface area contributed by atoms with Gasteiger partial charge in [0.25, 0.3) is 0 Å². The fourth-order valence-corrected chi connectivity index (χ4v) is 2.45. The molecule has 1 heterocycles. The Kier molecular flexibility index (Phi) is 5.40. The summed E-state index contributed by atoms with van der Waals surface area (Å²) in [7, 11) is 1.84. The summed E-state index contributed by atoms with van der Waals surface area (Å²) in [6.45, 7) is 8.87. The van der Waals surface area contributed by atoms with Crippen molar-refractivity contribution in [2.75, 3.05) is 13.6 Å². The van der Waals surface area contributed by atoms with Gasteiger partial charge in [-0.2, -0.15) is 0 Å². The van der Waals surface area contributed by atoms with Crippen molar-refractivity contribution < 1.29 is 9.53 Å². The van der Waals surface area contributed by atoms with Crippen LogP contribution in [0, 0.1) is 0 Å². The third-order valence-corrected chi connectivity index (χ3v) is 3.40. The van der Waals surface area contributed by atoms with Gasteiger partial charge in [0.15, 0.2) is 0 Å². The second-order valence-electron chi connectivity index (χ2n) is 5.17. The topological polar surface area (TPSA) is 41.6 Å². The molecule has 0 aliphatic carbocycles. The molecule has 1 aliphatic rings. The minimum atomic E-state index is -0.109. The smallest absolute Gasteiger partial charge is 0.239 e. The summed E-state index contributed by atoms with van der Waals surface area (Å²) in [4.78, 5) is 13.7. The van der Waals surface area contributed by atoms with Gasteiger partial charge in [0, 0.05) is 19.6 Å². The Balaban J connectivity index is 2.45. The number of carbonyl (C=O) groups is 1. The molecule has 0 bridgehead atoms. The Labute approximate surface area is 105 Å². The number of nitrogens with zero attached hydrogens (tertiary/aromatic N) is 1.